The van der Waals surface area contributed by atoms with E-state index in [0.29, 0.717) is 23.1 Å². The molecule has 1 aliphatic heterocycles. The standard InChI is InChI=1S/C23H26N6O2/c1-14-19(21(30)25-17-8-6-7-9-18(17)31-5)20(29-22(24-14)26-27-28-29)15-10-12-16(13-11-15)23(2,3)4/h6-13,19-20H,1H2,2-5H3,(H,25,30)(H,24,26,28). The van der Waals surface area contributed by atoms with Crippen LogP contribution in [0.4, 0.5) is 11.6 Å². The highest BCUT2D eigenvalue weighted by molar-refractivity contribution is 5.96. The van der Waals surface area contributed by atoms with Crippen LogP contribution in [-0.4, -0.2) is 33.2 Å². The minimum atomic E-state index is -0.638. The molecule has 0 saturated carbocycles. The van der Waals surface area contributed by atoms with Gasteiger partial charge in [-0.2, -0.15) is 0 Å². The Bertz CT molecular complexity index is 1110. The van der Waals surface area contributed by atoms with Crippen LogP contribution in [0.1, 0.15) is 37.9 Å². The van der Waals surface area contributed by atoms with Gasteiger partial charge in [0.25, 0.3) is 0 Å². The molecule has 4 rings (SSSR count). The summed E-state index contributed by atoms with van der Waals surface area (Å²) in [6.45, 7) is 10.6. The van der Waals surface area contributed by atoms with Gasteiger partial charge in [0.15, 0.2) is 0 Å². The van der Waals surface area contributed by atoms with Crippen molar-refractivity contribution in [3.8, 4) is 5.75 Å². The van der Waals surface area contributed by atoms with Crippen molar-refractivity contribution < 1.29 is 9.53 Å². The van der Waals surface area contributed by atoms with E-state index in [9.17, 15) is 4.79 Å². The van der Waals surface area contributed by atoms with E-state index < -0.39 is 12.0 Å². The first kappa shape index (κ1) is 20.6. The Morgan fingerprint density at radius 2 is 1.87 bits per heavy atom. The van der Waals surface area contributed by atoms with E-state index in [1.807, 2.05) is 24.3 Å². The summed E-state index contributed by atoms with van der Waals surface area (Å²) in [4.78, 5) is 13.4. The van der Waals surface area contributed by atoms with E-state index >= 15 is 0 Å². The zero-order valence-corrected chi connectivity index (χ0v) is 18.1. The molecule has 1 aromatic heterocycles. The van der Waals surface area contributed by atoms with Crippen molar-refractivity contribution >= 4 is 17.5 Å². The number of rotatable bonds is 4. The molecule has 0 bridgehead atoms. The van der Waals surface area contributed by atoms with Gasteiger partial charge in [-0.05, 0) is 39.1 Å². The van der Waals surface area contributed by atoms with E-state index in [1.165, 1.54) is 5.56 Å². The van der Waals surface area contributed by atoms with Gasteiger partial charge >= 0.3 is 0 Å². The van der Waals surface area contributed by atoms with E-state index in [0.717, 1.165) is 5.56 Å². The summed E-state index contributed by atoms with van der Waals surface area (Å²) in [5, 5.41) is 18.0. The van der Waals surface area contributed by atoms with Gasteiger partial charge in [-0.15, -0.1) is 0 Å². The van der Waals surface area contributed by atoms with Gasteiger partial charge in [0, 0.05) is 5.70 Å². The van der Waals surface area contributed by atoms with E-state index in [2.05, 4.69) is 65.6 Å². The molecule has 1 aliphatic rings. The normalized spacial score (nSPS) is 18.1. The SMILES string of the molecule is C=C1Nc2nnnn2C(c2ccc(C(C)(C)C)cc2)C1C(=O)Nc1ccccc1OC. The third-order valence-corrected chi connectivity index (χ3v) is 5.49. The molecule has 2 N–H and O–H groups in total. The van der Waals surface area contributed by atoms with Crippen molar-refractivity contribution in [3.63, 3.8) is 0 Å². The number of carbonyl (C=O) groups excluding carboxylic acids is 1. The third-order valence-electron chi connectivity index (χ3n) is 5.49. The fraction of sp³-hybridized carbons (Fsp3) is 0.304. The third kappa shape index (κ3) is 3.88. The number of nitrogens with zero attached hydrogens (tertiary/aromatic N) is 4. The van der Waals surface area contributed by atoms with E-state index in [-0.39, 0.29) is 11.3 Å². The van der Waals surface area contributed by atoms with Crippen molar-refractivity contribution in [1.29, 1.82) is 0 Å². The number of amides is 1. The molecule has 2 unspecified atom stereocenters. The number of methoxy groups -OCH3 is 1. The highest BCUT2D eigenvalue weighted by atomic mass is 16.5. The van der Waals surface area contributed by atoms with Crippen LogP contribution in [-0.2, 0) is 10.2 Å². The topological polar surface area (TPSA) is 94.0 Å². The Morgan fingerprint density at radius 3 is 2.55 bits per heavy atom. The Morgan fingerprint density at radius 1 is 1.16 bits per heavy atom. The van der Waals surface area contributed by atoms with Crippen molar-refractivity contribution in [1.82, 2.24) is 20.2 Å². The largest absolute Gasteiger partial charge is 0.495 e. The van der Waals surface area contributed by atoms with Crippen LogP contribution in [0.3, 0.4) is 0 Å². The number of carbonyl (C=O) groups is 1. The second-order valence-corrected chi connectivity index (χ2v) is 8.58. The molecule has 8 nitrogen and oxygen atoms in total. The van der Waals surface area contributed by atoms with Crippen LogP contribution in [0.25, 0.3) is 0 Å². The molecule has 0 fully saturated rings. The number of hydrogen-bond donors (Lipinski definition) is 2. The van der Waals surface area contributed by atoms with Gasteiger partial charge in [-0.25, -0.2) is 4.68 Å². The lowest BCUT2D eigenvalue weighted by atomic mass is 9.84. The van der Waals surface area contributed by atoms with E-state index in [4.69, 9.17) is 4.74 Å². The maximum Gasteiger partial charge on any atom is 0.247 e. The second-order valence-electron chi connectivity index (χ2n) is 8.58. The molecule has 8 heteroatoms. The van der Waals surface area contributed by atoms with Gasteiger partial charge in [0.05, 0.1) is 18.8 Å². The average molecular weight is 419 g/mol. The predicted octanol–water partition coefficient (Wildman–Crippen LogP) is 3.76. The van der Waals surface area contributed by atoms with Gasteiger partial charge in [-0.3, -0.25) is 4.79 Å². The Kier molecular flexibility index (Phi) is 5.22. The van der Waals surface area contributed by atoms with Crippen molar-refractivity contribution in [2.45, 2.75) is 32.2 Å². The molecule has 2 aromatic carbocycles. The summed E-state index contributed by atoms with van der Waals surface area (Å²) < 4.78 is 7.00. The van der Waals surface area contributed by atoms with Crippen molar-refractivity contribution in [3.05, 3.63) is 71.9 Å². The summed E-state index contributed by atoms with van der Waals surface area (Å²) in [5.74, 6) is 0.171. The zero-order chi connectivity index (χ0) is 22.2. The molecule has 1 amide bonds. The van der Waals surface area contributed by atoms with Crippen LogP contribution in [0.15, 0.2) is 60.8 Å². The van der Waals surface area contributed by atoms with Crippen LogP contribution in [0.5, 0.6) is 5.75 Å². The smallest absolute Gasteiger partial charge is 0.247 e. The van der Waals surface area contributed by atoms with Crippen LogP contribution < -0.4 is 15.4 Å². The summed E-state index contributed by atoms with van der Waals surface area (Å²) in [5.41, 5.74) is 3.27. The molecular formula is C23H26N6O2. The average Bonchev–Trinajstić information content (AvgIpc) is 3.20. The second kappa shape index (κ2) is 7.86. The number of aromatic nitrogens is 4. The Balaban J connectivity index is 1.73. The fourth-order valence-corrected chi connectivity index (χ4v) is 3.79. The molecule has 0 saturated heterocycles. The lowest BCUT2D eigenvalue weighted by Crippen LogP contribution is -2.39. The van der Waals surface area contributed by atoms with Gasteiger partial charge < -0.3 is 15.4 Å². The summed E-state index contributed by atoms with van der Waals surface area (Å²) >= 11 is 0. The molecule has 2 heterocycles. The number of fused-ring (bicyclic) bond motifs is 1. The fourth-order valence-electron chi connectivity index (χ4n) is 3.79. The molecule has 0 radical (unpaired) electrons. The zero-order valence-electron chi connectivity index (χ0n) is 18.1. The summed E-state index contributed by atoms with van der Waals surface area (Å²) in [7, 11) is 1.57. The summed E-state index contributed by atoms with van der Waals surface area (Å²) in [6, 6.07) is 15.1. The molecule has 31 heavy (non-hydrogen) atoms. The van der Waals surface area contributed by atoms with Crippen LogP contribution in [0.2, 0.25) is 0 Å². The van der Waals surface area contributed by atoms with Crippen molar-refractivity contribution in [2.75, 3.05) is 17.7 Å². The number of para-hydroxylation sites is 2. The number of nitrogens with one attached hydrogen (secondary N) is 2. The van der Waals surface area contributed by atoms with Gasteiger partial charge in [0.1, 0.15) is 11.7 Å². The predicted molar refractivity (Wildman–Crippen MR) is 119 cm³/mol. The lowest BCUT2D eigenvalue weighted by Gasteiger charge is -2.33. The quantitative estimate of drug-likeness (QED) is 0.670. The first-order chi connectivity index (χ1) is 14.8. The molecule has 0 aliphatic carbocycles. The molecule has 2 atom stereocenters. The highest BCUT2D eigenvalue weighted by Gasteiger charge is 2.40. The molecule has 3 aromatic rings. The number of tetrazole rings is 1. The lowest BCUT2D eigenvalue weighted by molar-refractivity contribution is -0.119. The van der Waals surface area contributed by atoms with Gasteiger partial charge in [-0.1, -0.05) is 68.8 Å². The highest BCUT2D eigenvalue weighted by Crippen LogP contribution is 2.38. The minimum absolute atomic E-state index is 0.0247. The Labute approximate surface area is 181 Å². The first-order valence-electron chi connectivity index (χ1n) is 10.1. The number of hydrogen-bond acceptors (Lipinski definition) is 6. The molecule has 0 spiro atoms. The Hall–Kier alpha value is -3.68. The molecular weight excluding hydrogens is 392 g/mol. The van der Waals surface area contributed by atoms with Crippen LogP contribution in [0, 0.1) is 5.92 Å². The maximum atomic E-state index is 13.4. The minimum Gasteiger partial charge on any atom is -0.495 e. The molecule has 160 valence electrons. The number of anilines is 2. The van der Waals surface area contributed by atoms with Crippen LogP contribution >= 0.6 is 0 Å². The first-order valence-corrected chi connectivity index (χ1v) is 10.1. The number of ether oxygens (including phenoxy) is 1. The van der Waals surface area contributed by atoms with E-state index in [1.54, 1.807) is 23.9 Å². The monoisotopic (exact) mass is 418 g/mol. The van der Waals surface area contributed by atoms with Crippen molar-refractivity contribution in [2.24, 2.45) is 5.92 Å². The number of benzene rings is 2. The maximum absolute atomic E-state index is 13.4. The van der Waals surface area contributed by atoms with Gasteiger partial charge in [0.2, 0.25) is 11.9 Å². The summed E-state index contributed by atoms with van der Waals surface area (Å²) in [6.07, 6.45) is 0.